The number of nitrogens with zero attached hydrogens (tertiary/aromatic N) is 2. The number of hydrogen-bond acceptors (Lipinski definition) is 5. The van der Waals surface area contributed by atoms with Crippen LogP contribution in [0.3, 0.4) is 0 Å². The highest BCUT2D eigenvalue weighted by atomic mass is 35.5. The Morgan fingerprint density at radius 2 is 2.10 bits per heavy atom. The molecule has 30 heavy (non-hydrogen) atoms. The molecule has 1 aromatic carbocycles. The van der Waals surface area contributed by atoms with Gasteiger partial charge in [-0.05, 0) is 37.5 Å². The molecule has 10 heteroatoms. The van der Waals surface area contributed by atoms with Crippen molar-refractivity contribution in [1.82, 2.24) is 9.21 Å². The molecular formula is C20H24ClN3O5S. The number of nitrogens with two attached hydrogens (primary N) is 1. The van der Waals surface area contributed by atoms with Gasteiger partial charge in [0.25, 0.3) is 0 Å². The van der Waals surface area contributed by atoms with Crippen LogP contribution >= 0.6 is 11.6 Å². The van der Waals surface area contributed by atoms with Gasteiger partial charge in [-0.25, -0.2) is 8.42 Å². The first kappa shape index (κ1) is 22.6. The van der Waals surface area contributed by atoms with Crippen LogP contribution in [-0.4, -0.2) is 68.3 Å². The van der Waals surface area contributed by atoms with Crippen molar-refractivity contribution in [3.05, 3.63) is 28.8 Å². The van der Waals surface area contributed by atoms with E-state index in [9.17, 15) is 18.0 Å². The van der Waals surface area contributed by atoms with E-state index in [-0.39, 0.29) is 40.5 Å². The second-order valence-corrected chi connectivity index (χ2v) is 9.81. The van der Waals surface area contributed by atoms with Gasteiger partial charge in [-0.1, -0.05) is 17.5 Å². The molecule has 162 valence electrons. The maximum Gasteiger partial charge on any atom is 0.248 e. The zero-order valence-electron chi connectivity index (χ0n) is 16.6. The molecule has 1 aromatic rings. The predicted molar refractivity (Wildman–Crippen MR) is 111 cm³/mol. The summed E-state index contributed by atoms with van der Waals surface area (Å²) < 4.78 is 34.0. The topological polar surface area (TPSA) is 110 Å². The average Bonchev–Trinajstić information content (AvgIpc) is 2.76. The number of benzene rings is 1. The van der Waals surface area contributed by atoms with E-state index in [1.807, 2.05) is 0 Å². The van der Waals surface area contributed by atoms with Gasteiger partial charge >= 0.3 is 0 Å². The highest BCUT2D eigenvalue weighted by molar-refractivity contribution is 7.89. The summed E-state index contributed by atoms with van der Waals surface area (Å²) in [5, 5.41) is 0.0681. The summed E-state index contributed by atoms with van der Waals surface area (Å²) in [7, 11) is -2.62. The van der Waals surface area contributed by atoms with Crippen molar-refractivity contribution in [1.29, 1.82) is 0 Å². The number of hydrogen-bond donors (Lipinski definition) is 1. The highest BCUT2D eigenvalue weighted by Crippen LogP contribution is 2.37. The fourth-order valence-corrected chi connectivity index (χ4v) is 6.60. The number of carbonyl (C=O) groups is 2. The SMILES string of the molecule is C#CCN1C[C@H](COC)[C@@H]2CCCC(C1=O)N2S(=O)(=O)c1cc(Cl)cc(C(N)=O)c1. The molecule has 2 aliphatic heterocycles. The summed E-state index contributed by atoms with van der Waals surface area (Å²) in [4.78, 5) is 26.2. The molecule has 2 heterocycles. The molecule has 0 saturated carbocycles. The first-order chi connectivity index (χ1) is 14.2. The lowest BCUT2D eigenvalue weighted by Gasteiger charge is -2.40. The Labute approximate surface area is 181 Å². The van der Waals surface area contributed by atoms with Crippen molar-refractivity contribution >= 4 is 33.4 Å². The second kappa shape index (κ2) is 8.94. The molecule has 2 aliphatic rings. The van der Waals surface area contributed by atoms with Crippen molar-refractivity contribution in [2.24, 2.45) is 11.7 Å². The minimum absolute atomic E-state index is 0.0187. The number of amides is 2. The van der Waals surface area contributed by atoms with Crippen molar-refractivity contribution in [3.63, 3.8) is 0 Å². The van der Waals surface area contributed by atoms with Crippen LogP contribution in [0.4, 0.5) is 0 Å². The van der Waals surface area contributed by atoms with E-state index in [4.69, 9.17) is 28.5 Å². The first-order valence-electron chi connectivity index (χ1n) is 9.55. The number of sulfonamides is 1. The monoisotopic (exact) mass is 453 g/mol. The molecule has 3 atom stereocenters. The highest BCUT2D eigenvalue weighted by Gasteiger charge is 2.50. The average molecular weight is 454 g/mol. The van der Waals surface area contributed by atoms with Crippen LogP contribution in [0.15, 0.2) is 23.1 Å². The number of terminal acetylenes is 1. The van der Waals surface area contributed by atoms with Gasteiger partial charge in [-0.3, -0.25) is 9.59 Å². The van der Waals surface area contributed by atoms with Crippen molar-refractivity contribution in [2.45, 2.75) is 36.2 Å². The number of rotatable bonds is 6. The molecule has 2 N–H and O–H groups in total. The third-order valence-corrected chi connectivity index (χ3v) is 7.73. The molecule has 0 aliphatic carbocycles. The van der Waals surface area contributed by atoms with E-state index in [1.165, 1.54) is 34.5 Å². The van der Waals surface area contributed by atoms with Crippen LogP contribution in [0.5, 0.6) is 0 Å². The number of primary amides is 1. The van der Waals surface area contributed by atoms with E-state index in [0.717, 1.165) is 0 Å². The molecule has 3 rings (SSSR count). The van der Waals surface area contributed by atoms with Gasteiger partial charge in [-0.2, -0.15) is 4.31 Å². The van der Waals surface area contributed by atoms with Crippen LogP contribution in [-0.2, 0) is 19.6 Å². The predicted octanol–water partition coefficient (Wildman–Crippen LogP) is 1.09. The summed E-state index contributed by atoms with van der Waals surface area (Å²) in [5.41, 5.74) is 5.30. The van der Waals surface area contributed by atoms with E-state index >= 15 is 0 Å². The van der Waals surface area contributed by atoms with Crippen molar-refractivity contribution in [2.75, 3.05) is 26.8 Å². The van der Waals surface area contributed by atoms with Gasteiger partial charge in [0.05, 0.1) is 18.0 Å². The minimum Gasteiger partial charge on any atom is -0.384 e. The number of fused-ring (bicyclic) bond motifs is 2. The number of carbonyl (C=O) groups excluding carboxylic acids is 2. The Hall–Kier alpha value is -2.12. The number of methoxy groups -OCH3 is 1. The van der Waals surface area contributed by atoms with Crippen LogP contribution in [0.25, 0.3) is 0 Å². The van der Waals surface area contributed by atoms with Crippen LogP contribution < -0.4 is 5.73 Å². The summed E-state index contributed by atoms with van der Waals surface area (Å²) in [5.74, 6) is 1.12. The normalized spacial score (nSPS) is 24.9. The van der Waals surface area contributed by atoms with E-state index in [1.54, 1.807) is 0 Å². The smallest absolute Gasteiger partial charge is 0.248 e. The Kier molecular flexibility index (Phi) is 6.72. The minimum atomic E-state index is -4.16. The standard InChI is InChI=1S/C20H24ClN3O5S/c1-3-7-23-11-14(12-29-2)17-5-4-6-18(20(23)26)24(17)30(27,28)16-9-13(19(22)25)8-15(21)10-16/h1,8-10,14,17-18H,4-7,11-12H2,2H3,(H2,22,25)/t14-,17+,18?/m1/s1. The Morgan fingerprint density at radius 3 is 2.73 bits per heavy atom. The van der Waals surface area contributed by atoms with E-state index in [0.29, 0.717) is 25.8 Å². The lowest BCUT2D eigenvalue weighted by molar-refractivity contribution is -0.134. The van der Waals surface area contributed by atoms with Crippen LogP contribution in [0.2, 0.25) is 5.02 Å². The first-order valence-corrected chi connectivity index (χ1v) is 11.4. The Balaban J connectivity index is 2.13. The number of ether oxygens (including phenoxy) is 1. The van der Waals surface area contributed by atoms with Crippen LogP contribution in [0, 0.1) is 18.3 Å². The summed E-state index contributed by atoms with van der Waals surface area (Å²) in [6.07, 6.45) is 7.12. The third-order valence-electron chi connectivity index (χ3n) is 5.60. The number of piperidine rings is 1. The maximum absolute atomic E-state index is 13.7. The third kappa shape index (κ3) is 4.18. The quantitative estimate of drug-likeness (QED) is 0.648. The van der Waals surface area contributed by atoms with Crippen molar-refractivity contribution in [3.8, 4) is 12.3 Å². The Morgan fingerprint density at radius 1 is 1.37 bits per heavy atom. The molecular weight excluding hydrogens is 430 g/mol. The molecule has 2 bridgehead atoms. The van der Waals surface area contributed by atoms with Gasteiger partial charge in [0.15, 0.2) is 0 Å². The summed E-state index contributed by atoms with van der Waals surface area (Å²) in [6, 6.07) is 2.44. The van der Waals surface area contributed by atoms with Gasteiger partial charge in [0, 0.05) is 36.2 Å². The molecule has 0 spiro atoms. The zero-order valence-corrected chi connectivity index (χ0v) is 18.2. The molecule has 0 aromatic heterocycles. The summed E-state index contributed by atoms with van der Waals surface area (Å²) >= 11 is 6.06. The largest absolute Gasteiger partial charge is 0.384 e. The summed E-state index contributed by atoms with van der Waals surface area (Å²) in [6.45, 7) is 0.686. The van der Waals surface area contributed by atoms with Gasteiger partial charge in [0.1, 0.15) is 6.04 Å². The molecule has 8 nitrogen and oxygen atoms in total. The van der Waals surface area contributed by atoms with E-state index < -0.39 is 28.0 Å². The molecule has 1 unspecified atom stereocenters. The van der Waals surface area contributed by atoms with Gasteiger partial charge in [0.2, 0.25) is 21.8 Å². The lowest BCUT2D eigenvalue weighted by Crippen LogP contribution is -2.55. The molecule has 2 saturated heterocycles. The van der Waals surface area contributed by atoms with Crippen molar-refractivity contribution < 1.29 is 22.7 Å². The van der Waals surface area contributed by atoms with E-state index in [2.05, 4.69) is 5.92 Å². The van der Waals surface area contributed by atoms with Crippen LogP contribution in [0.1, 0.15) is 29.6 Å². The number of halogens is 1. The molecule has 0 radical (unpaired) electrons. The van der Waals surface area contributed by atoms with Gasteiger partial charge in [-0.15, -0.1) is 6.42 Å². The lowest BCUT2D eigenvalue weighted by atomic mass is 9.91. The Bertz CT molecular complexity index is 991. The molecule has 2 amide bonds. The van der Waals surface area contributed by atoms with Gasteiger partial charge < -0.3 is 15.4 Å². The fraction of sp³-hybridized carbons (Fsp3) is 0.500. The molecule has 2 fully saturated rings. The fourth-order valence-electron chi connectivity index (χ4n) is 4.34. The second-order valence-electron chi connectivity index (χ2n) is 7.53. The maximum atomic E-state index is 13.7. The zero-order chi connectivity index (χ0) is 22.1.